The molecule has 0 spiro atoms. The third-order valence-corrected chi connectivity index (χ3v) is 3.74. The molecule has 3 heteroatoms. The summed E-state index contributed by atoms with van der Waals surface area (Å²) in [7, 11) is 1.96. The smallest absolute Gasteiger partial charge is 0.174 e. The molecule has 1 heterocycles. The Bertz CT molecular complexity index is 489. The van der Waals surface area contributed by atoms with Gasteiger partial charge in [0, 0.05) is 5.56 Å². The summed E-state index contributed by atoms with van der Waals surface area (Å²) in [6.45, 7) is 2.20. The van der Waals surface area contributed by atoms with Gasteiger partial charge in [0.15, 0.2) is 4.67 Å². The summed E-state index contributed by atoms with van der Waals surface area (Å²) in [6, 6.07) is 10.9. The van der Waals surface area contributed by atoms with Gasteiger partial charge in [-0.25, -0.2) is 0 Å². The minimum Gasteiger partial charge on any atom is -0.457 e. The lowest BCUT2D eigenvalue weighted by Gasteiger charge is -2.16. The van der Waals surface area contributed by atoms with Crippen molar-refractivity contribution in [2.75, 3.05) is 7.05 Å². The van der Waals surface area contributed by atoms with E-state index in [2.05, 4.69) is 52.4 Å². The average Bonchev–Trinajstić information content (AvgIpc) is 2.79. The summed E-state index contributed by atoms with van der Waals surface area (Å²) in [5, 5.41) is 3.32. The third kappa shape index (κ3) is 2.85. The number of furan rings is 1. The van der Waals surface area contributed by atoms with Gasteiger partial charge in [0.1, 0.15) is 0 Å². The maximum atomic E-state index is 5.31. The Labute approximate surface area is 117 Å². The van der Waals surface area contributed by atoms with Crippen LogP contribution in [-0.2, 0) is 6.42 Å². The van der Waals surface area contributed by atoms with E-state index in [1.165, 1.54) is 17.5 Å². The van der Waals surface area contributed by atoms with Crippen LogP contribution in [0.5, 0.6) is 0 Å². The quantitative estimate of drug-likeness (QED) is 0.890. The van der Waals surface area contributed by atoms with Gasteiger partial charge in [0.2, 0.25) is 0 Å². The van der Waals surface area contributed by atoms with E-state index in [9.17, 15) is 0 Å². The monoisotopic (exact) mass is 307 g/mol. The first-order valence-electron chi connectivity index (χ1n) is 6.25. The number of aryl methyl sites for hydroxylation is 1. The molecule has 1 unspecified atom stereocenters. The lowest BCUT2D eigenvalue weighted by molar-refractivity contribution is 0.530. The lowest BCUT2D eigenvalue weighted by Crippen LogP contribution is -2.17. The summed E-state index contributed by atoms with van der Waals surface area (Å²) in [5.74, 6) is 0. The van der Waals surface area contributed by atoms with Crippen molar-refractivity contribution < 1.29 is 4.42 Å². The number of halogens is 1. The zero-order valence-electron chi connectivity index (χ0n) is 10.7. The Morgan fingerprint density at radius 2 is 1.94 bits per heavy atom. The predicted octanol–water partition coefficient (Wildman–Crippen LogP) is 4.30. The Hall–Kier alpha value is -1.06. The second-order valence-electron chi connectivity index (χ2n) is 4.36. The minimum absolute atomic E-state index is 0.161. The molecule has 0 radical (unpaired) electrons. The van der Waals surface area contributed by atoms with E-state index >= 15 is 0 Å². The summed E-state index contributed by atoms with van der Waals surface area (Å²) in [5.41, 5.74) is 3.77. The molecule has 18 heavy (non-hydrogen) atoms. The zero-order valence-corrected chi connectivity index (χ0v) is 12.3. The van der Waals surface area contributed by atoms with Crippen LogP contribution in [0.3, 0.4) is 0 Å². The van der Waals surface area contributed by atoms with E-state index < -0.39 is 0 Å². The molecule has 0 amide bonds. The summed E-state index contributed by atoms with van der Waals surface area (Å²) >= 11 is 3.44. The van der Waals surface area contributed by atoms with Gasteiger partial charge in [0.25, 0.3) is 0 Å². The average molecular weight is 308 g/mol. The molecule has 0 fully saturated rings. The number of nitrogens with one attached hydrogen (secondary N) is 1. The van der Waals surface area contributed by atoms with Crippen molar-refractivity contribution in [3.63, 3.8) is 0 Å². The van der Waals surface area contributed by atoms with Crippen molar-refractivity contribution in [2.24, 2.45) is 0 Å². The molecule has 1 aromatic carbocycles. The van der Waals surface area contributed by atoms with Crippen LogP contribution in [0.25, 0.3) is 0 Å². The van der Waals surface area contributed by atoms with E-state index in [1.54, 1.807) is 6.26 Å². The van der Waals surface area contributed by atoms with Crippen LogP contribution in [0, 0.1) is 0 Å². The molecule has 1 atom stereocenters. The topological polar surface area (TPSA) is 25.2 Å². The highest BCUT2D eigenvalue weighted by Gasteiger charge is 2.16. The second-order valence-corrected chi connectivity index (χ2v) is 5.08. The van der Waals surface area contributed by atoms with Crippen molar-refractivity contribution in [2.45, 2.75) is 25.8 Å². The Morgan fingerprint density at radius 1 is 1.22 bits per heavy atom. The van der Waals surface area contributed by atoms with Gasteiger partial charge in [-0.05, 0) is 46.6 Å². The fourth-order valence-electron chi connectivity index (χ4n) is 2.18. The second kappa shape index (κ2) is 6.21. The number of hydrogen-bond donors (Lipinski definition) is 1. The van der Waals surface area contributed by atoms with Gasteiger partial charge in [0.05, 0.1) is 12.3 Å². The molecule has 2 rings (SSSR count). The van der Waals surface area contributed by atoms with Gasteiger partial charge in [-0.15, -0.1) is 0 Å². The van der Waals surface area contributed by atoms with Gasteiger partial charge in [-0.1, -0.05) is 37.6 Å². The molecule has 0 saturated heterocycles. The molecule has 0 aliphatic carbocycles. The van der Waals surface area contributed by atoms with E-state index in [-0.39, 0.29) is 6.04 Å². The van der Waals surface area contributed by atoms with Crippen molar-refractivity contribution in [1.82, 2.24) is 5.32 Å². The van der Waals surface area contributed by atoms with Crippen LogP contribution in [0.2, 0.25) is 0 Å². The maximum absolute atomic E-state index is 5.31. The highest BCUT2D eigenvalue weighted by molar-refractivity contribution is 9.10. The van der Waals surface area contributed by atoms with Crippen molar-refractivity contribution in [3.05, 3.63) is 58.0 Å². The van der Waals surface area contributed by atoms with Crippen LogP contribution < -0.4 is 5.32 Å². The van der Waals surface area contributed by atoms with Crippen molar-refractivity contribution in [3.8, 4) is 0 Å². The molecule has 0 saturated carbocycles. The molecule has 2 nitrogen and oxygen atoms in total. The molecule has 96 valence electrons. The fourth-order valence-corrected chi connectivity index (χ4v) is 2.65. The Kier molecular flexibility index (Phi) is 4.61. The normalized spacial score (nSPS) is 12.6. The van der Waals surface area contributed by atoms with Crippen LogP contribution in [0.15, 0.2) is 45.7 Å². The molecule has 0 aliphatic heterocycles. The molecular weight excluding hydrogens is 290 g/mol. The SMILES string of the molecule is CCCc1ccc(C(NC)c2ccoc2Br)cc1. The lowest BCUT2D eigenvalue weighted by atomic mass is 9.99. The molecule has 0 bridgehead atoms. The van der Waals surface area contributed by atoms with Crippen LogP contribution in [-0.4, -0.2) is 7.05 Å². The fraction of sp³-hybridized carbons (Fsp3) is 0.333. The molecule has 1 aromatic heterocycles. The molecular formula is C15H18BrNO. The van der Waals surface area contributed by atoms with E-state index in [4.69, 9.17) is 4.42 Å². The van der Waals surface area contributed by atoms with E-state index in [0.29, 0.717) is 0 Å². The van der Waals surface area contributed by atoms with Crippen LogP contribution in [0.1, 0.15) is 36.1 Å². The first-order chi connectivity index (χ1) is 8.76. The van der Waals surface area contributed by atoms with Crippen molar-refractivity contribution >= 4 is 15.9 Å². The minimum atomic E-state index is 0.161. The standard InChI is InChI=1S/C15H18BrNO/c1-3-4-11-5-7-12(8-6-11)14(17-2)13-9-10-18-15(13)16/h5-10,14,17H,3-4H2,1-2H3. The third-order valence-electron chi connectivity index (χ3n) is 3.10. The van der Waals surface area contributed by atoms with Gasteiger partial charge >= 0.3 is 0 Å². The Balaban J connectivity index is 2.25. The zero-order chi connectivity index (χ0) is 13.0. The van der Waals surface area contributed by atoms with Crippen LogP contribution in [0.4, 0.5) is 0 Å². The number of rotatable bonds is 5. The highest BCUT2D eigenvalue weighted by atomic mass is 79.9. The first kappa shape index (κ1) is 13.4. The highest BCUT2D eigenvalue weighted by Crippen LogP contribution is 2.29. The molecule has 2 aromatic rings. The van der Waals surface area contributed by atoms with Gasteiger partial charge in [-0.2, -0.15) is 0 Å². The van der Waals surface area contributed by atoms with Crippen molar-refractivity contribution in [1.29, 1.82) is 0 Å². The first-order valence-corrected chi connectivity index (χ1v) is 7.04. The predicted molar refractivity (Wildman–Crippen MR) is 77.7 cm³/mol. The molecule has 0 aliphatic rings. The van der Waals surface area contributed by atoms with Crippen LogP contribution >= 0.6 is 15.9 Å². The number of benzene rings is 1. The Morgan fingerprint density at radius 3 is 2.44 bits per heavy atom. The van der Waals surface area contributed by atoms with E-state index in [1.807, 2.05) is 13.1 Å². The summed E-state index contributed by atoms with van der Waals surface area (Å²) < 4.78 is 6.10. The van der Waals surface area contributed by atoms with E-state index in [0.717, 1.165) is 16.7 Å². The maximum Gasteiger partial charge on any atom is 0.174 e. The molecule has 1 N–H and O–H groups in total. The number of hydrogen-bond acceptors (Lipinski definition) is 2. The summed E-state index contributed by atoms with van der Waals surface area (Å²) in [6.07, 6.45) is 4.02. The van der Waals surface area contributed by atoms with Gasteiger partial charge in [-0.3, -0.25) is 0 Å². The summed E-state index contributed by atoms with van der Waals surface area (Å²) in [4.78, 5) is 0. The van der Waals surface area contributed by atoms with Gasteiger partial charge < -0.3 is 9.73 Å². The largest absolute Gasteiger partial charge is 0.457 e.